The van der Waals surface area contributed by atoms with E-state index in [4.69, 9.17) is 0 Å². The second kappa shape index (κ2) is 7.65. The van der Waals surface area contributed by atoms with Gasteiger partial charge < -0.3 is 24.9 Å². The zero-order chi connectivity index (χ0) is 20.4. The third-order valence-electron chi connectivity index (χ3n) is 4.97. The molecule has 0 saturated carbocycles. The molecule has 1 fully saturated rings. The highest BCUT2D eigenvalue weighted by Gasteiger charge is 2.31. The number of aromatic nitrogens is 2. The third-order valence-corrected chi connectivity index (χ3v) is 4.97. The van der Waals surface area contributed by atoms with Gasteiger partial charge in [0.1, 0.15) is 24.7 Å². The van der Waals surface area contributed by atoms with Gasteiger partial charge in [-0.2, -0.15) is 13.2 Å². The van der Waals surface area contributed by atoms with Crippen molar-refractivity contribution in [1.29, 1.82) is 0 Å². The van der Waals surface area contributed by atoms with E-state index in [1.165, 1.54) is 6.20 Å². The van der Waals surface area contributed by atoms with Gasteiger partial charge >= 0.3 is 6.18 Å². The average Bonchev–Trinajstić information content (AvgIpc) is 3.15. The Balaban J connectivity index is 1.54. The number of anilines is 3. The van der Waals surface area contributed by atoms with Crippen molar-refractivity contribution in [2.75, 3.05) is 41.3 Å². The Kier molecular flexibility index (Phi) is 5.04. The number of hydrogen-bond donors (Lipinski definition) is 2. The van der Waals surface area contributed by atoms with Crippen molar-refractivity contribution in [1.82, 2.24) is 9.97 Å². The van der Waals surface area contributed by atoms with Crippen molar-refractivity contribution in [3.8, 4) is 0 Å². The standard InChI is InChI=1S/C20H20F3N5O/c21-20(22,23)13-25-17-6-3-7-24-19(17)27-8-9-28(15(11-27)12-29)18-10-14-4-1-2-5-16(14)26-18/h1-7,10,12,15,25-26H,8-9,11,13H2. The number of carbonyl (C=O) groups excluding carboxylic acids is 1. The summed E-state index contributed by atoms with van der Waals surface area (Å²) in [5.74, 6) is 1.26. The summed E-state index contributed by atoms with van der Waals surface area (Å²) in [6.45, 7) is 0.247. The number of rotatable bonds is 5. The van der Waals surface area contributed by atoms with Gasteiger partial charge in [-0.1, -0.05) is 18.2 Å². The quantitative estimate of drug-likeness (QED) is 0.639. The molecular weight excluding hydrogens is 383 g/mol. The molecule has 0 radical (unpaired) electrons. The number of para-hydroxylation sites is 1. The van der Waals surface area contributed by atoms with Crippen molar-refractivity contribution in [2.45, 2.75) is 12.2 Å². The molecule has 0 aliphatic carbocycles. The lowest BCUT2D eigenvalue weighted by molar-refractivity contribution is -0.115. The van der Waals surface area contributed by atoms with Crippen LogP contribution in [-0.4, -0.2) is 54.7 Å². The zero-order valence-corrected chi connectivity index (χ0v) is 15.5. The number of alkyl halides is 3. The molecule has 0 spiro atoms. The Morgan fingerprint density at radius 1 is 1.21 bits per heavy atom. The number of pyridine rings is 1. The Hall–Kier alpha value is -3.23. The molecule has 4 rings (SSSR count). The fraction of sp³-hybridized carbons (Fsp3) is 0.300. The molecule has 1 saturated heterocycles. The number of aromatic amines is 1. The maximum absolute atomic E-state index is 12.6. The summed E-state index contributed by atoms with van der Waals surface area (Å²) in [4.78, 5) is 23.2. The lowest BCUT2D eigenvalue weighted by Gasteiger charge is -2.40. The van der Waals surface area contributed by atoms with E-state index < -0.39 is 18.8 Å². The smallest absolute Gasteiger partial charge is 0.373 e. The highest BCUT2D eigenvalue weighted by atomic mass is 19.4. The van der Waals surface area contributed by atoms with Gasteiger partial charge in [-0.15, -0.1) is 0 Å². The summed E-state index contributed by atoms with van der Waals surface area (Å²) in [6, 6.07) is 12.5. The Labute approximate surface area is 165 Å². The van der Waals surface area contributed by atoms with Crippen molar-refractivity contribution >= 4 is 34.5 Å². The van der Waals surface area contributed by atoms with Crippen LogP contribution < -0.4 is 15.1 Å². The van der Waals surface area contributed by atoms with E-state index in [2.05, 4.69) is 15.3 Å². The van der Waals surface area contributed by atoms with Gasteiger partial charge in [0.25, 0.3) is 0 Å². The summed E-state index contributed by atoms with van der Waals surface area (Å²) in [5.41, 5.74) is 1.28. The molecule has 29 heavy (non-hydrogen) atoms. The number of H-pyrrole nitrogens is 1. The van der Waals surface area contributed by atoms with Crippen LogP contribution in [0.5, 0.6) is 0 Å². The number of carbonyl (C=O) groups is 1. The van der Waals surface area contributed by atoms with Crippen LogP contribution in [0.25, 0.3) is 10.9 Å². The molecule has 152 valence electrons. The van der Waals surface area contributed by atoms with Gasteiger partial charge in [0.15, 0.2) is 5.82 Å². The molecule has 1 atom stereocenters. The molecule has 1 unspecified atom stereocenters. The SMILES string of the molecule is O=CC1CN(c2ncccc2NCC(F)(F)F)CCN1c1cc2ccccc2[nH]1. The maximum atomic E-state index is 12.6. The van der Waals surface area contributed by atoms with Gasteiger partial charge in [-0.05, 0) is 24.3 Å². The minimum Gasteiger partial charge on any atom is -0.373 e. The summed E-state index contributed by atoms with van der Waals surface area (Å²) >= 11 is 0. The molecule has 6 nitrogen and oxygen atoms in total. The van der Waals surface area contributed by atoms with Crippen LogP contribution >= 0.6 is 0 Å². The maximum Gasteiger partial charge on any atom is 0.405 e. The molecular formula is C20H20F3N5O. The molecule has 2 aromatic heterocycles. The molecule has 1 aromatic carbocycles. The Morgan fingerprint density at radius 3 is 2.79 bits per heavy atom. The van der Waals surface area contributed by atoms with E-state index in [9.17, 15) is 18.0 Å². The van der Waals surface area contributed by atoms with E-state index in [0.717, 1.165) is 23.0 Å². The van der Waals surface area contributed by atoms with Gasteiger partial charge in [-0.3, -0.25) is 0 Å². The summed E-state index contributed by atoms with van der Waals surface area (Å²) in [5, 5.41) is 3.46. The van der Waals surface area contributed by atoms with Gasteiger partial charge in [0.2, 0.25) is 0 Å². The second-order valence-electron chi connectivity index (χ2n) is 6.93. The number of benzene rings is 1. The van der Waals surface area contributed by atoms with Gasteiger partial charge in [0.05, 0.1) is 5.69 Å². The number of hydrogen-bond acceptors (Lipinski definition) is 5. The number of piperazine rings is 1. The minimum absolute atomic E-state index is 0.300. The molecule has 3 heterocycles. The lowest BCUT2D eigenvalue weighted by Crippen LogP contribution is -2.54. The van der Waals surface area contributed by atoms with Crippen molar-refractivity contribution in [3.05, 3.63) is 48.7 Å². The van der Waals surface area contributed by atoms with E-state index >= 15 is 0 Å². The molecule has 9 heteroatoms. The predicted octanol–water partition coefficient (Wildman–Crippen LogP) is 3.43. The largest absolute Gasteiger partial charge is 0.405 e. The number of halogens is 3. The first kappa shape index (κ1) is 19.1. The van der Waals surface area contributed by atoms with Gasteiger partial charge in [-0.25, -0.2) is 4.98 Å². The van der Waals surface area contributed by atoms with Crippen LogP contribution in [-0.2, 0) is 4.79 Å². The van der Waals surface area contributed by atoms with Crippen molar-refractivity contribution < 1.29 is 18.0 Å². The second-order valence-corrected chi connectivity index (χ2v) is 6.93. The van der Waals surface area contributed by atoms with Crippen LogP contribution in [0.1, 0.15) is 0 Å². The Bertz CT molecular complexity index is 970. The highest BCUT2D eigenvalue weighted by molar-refractivity contribution is 5.85. The van der Waals surface area contributed by atoms with Crippen LogP contribution in [0.15, 0.2) is 48.7 Å². The molecule has 2 N–H and O–H groups in total. The average molecular weight is 403 g/mol. The normalized spacial score (nSPS) is 17.6. The molecule has 1 aliphatic heterocycles. The fourth-order valence-electron chi connectivity index (χ4n) is 3.61. The lowest BCUT2D eigenvalue weighted by atomic mass is 10.1. The fourth-order valence-corrected chi connectivity index (χ4v) is 3.61. The van der Waals surface area contributed by atoms with Crippen molar-refractivity contribution in [3.63, 3.8) is 0 Å². The monoisotopic (exact) mass is 403 g/mol. The molecule has 0 amide bonds. The van der Waals surface area contributed by atoms with Crippen LogP contribution in [0, 0.1) is 0 Å². The summed E-state index contributed by atoms with van der Waals surface area (Å²) < 4.78 is 37.8. The first-order valence-electron chi connectivity index (χ1n) is 9.25. The highest BCUT2D eigenvalue weighted by Crippen LogP contribution is 2.29. The topological polar surface area (TPSA) is 64.3 Å². The molecule has 0 bridgehead atoms. The first-order chi connectivity index (χ1) is 13.9. The third kappa shape index (κ3) is 4.13. The van der Waals surface area contributed by atoms with E-state index in [0.29, 0.717) is 31.1 Å². The zero-order valence-electron chi connectivity index (χ0n) is 15.5. The number of fused-ring (bicyclic) bond motifs is 1. The van der Waals surface area contributed by atoms with Crippen LogP contribution in [0.3, 0.4) is 0 Å². The predicted molar refractivity (Wildman–Crippen MR) is 106 cm³/mol. The van der Waals surface area contributed by atoms with Crippen LogP contribution in [0.2, 0.25) is 0 Å². The number of aldehydes is 1. The van der Waals surface area contributed by atoms with Gasteiger partial charge in [0, 0.05) is 36.7 Å². The summed E-state index contributed by atoms with van der Waals surface area (Å²) in [6.07, 6.45) is -1.93. The first-order valence-corrected chi connectivity index (χ1v) is 9.25. The van der Waals surface area contributed by atoms with E-state index in [1.54, 1.807) is 12.1 Å². The molecule has 3 aromatic rings. The minimum atomic E-state index is -4.33. The van der Waals surface area contributed by atoms with Crippen LogP contribution in [0.4, 0.5) is 30.5 Å². The molecule has 1 aliphatic rings. The van der Waals surface area contributed by atoms with E-state index in [1.807, 2.05) is 40.1 Å². The van der Waals surface area contributed by atoms with Crippen molar-refractivity contribution in [2.24, 2.45) is 0 Å². The number of nitrogens with zero attached hydrogens (tertiary/aromatic N) is 3. The number of nitrogens with one attached hydrogen (secondary N) is 2. The Morgan fingerprint density at radius 2 is 2.03 bits per heavy atom. The van der Waals surface area contributed by atoms with E-state index in [-0.39, 0.29) is 0 Å². The summed E-state index contributed by atoms with van der Waals surface area (Å²) in [7, 11) is 0.